The number of hydrogen-bond donors (Lipinski definition) is 2. The summed E-state index contributed by atoms with van der Waals surface area (Å²) in [7, 11) is 1.83. The Balaban J connectivity index is 0.00000289. The fourth-order valence-corrected chi connectivity index (χ4v) is 1.96. The van der Waals surface area contributed by atoms with E-state index in [9.17, 15) is 0 Å². The summed E-state index contributed by atoms with van der Waals surface area (Å²) < 4.78 is 5.35. The van der Waals surface area contributed by atoms with Crippen LogP contribution in [0.5, 0.6) is 0 Å². The molecule has 0 aliphatic carbocycles. The van der Waals surface area contributed by atoms with E-state index in [1.54, 1.807) is 0 Å². The van der Waals surface area contributed by atoms with Gasteiger partial charge in [0.2, 0.25) is 0 Å². The van der Waals surface area contributed by atoms with Gasteiger partial charge in [-0.3, -0.25) is 4.99 Å². The normalized spacial score (nSPS) is 19.4. The summed E-state index contributed by atoms with van der Waals surface area (Å²) in [5.41, 5.74) is 0. The number of ether oxygens (including phenoxy) is 1. The predicted molar refractivity (Wildman–Crippen MR) is 87.8 cm³/mol. The molecule has 0 spiro atoms. The highest BCUT2D eigenvalue weighted by molar-refractivity contribution is 14.0. The maximum Gasteiger partial charge on any atom is 0.190 e. The first-order chi connectivity index (χ1) is 8.36. The Morgan fingerprint density at radius 2 is 2.11 bits per heavy atom. The van der Waals surface area contributed by atoms with Gasteiger partial charge in [0.15, 0.2) is 5.96 Å². The van der Waals surface area contributed by atoms with E-state index in [1.165, 1.54) is 32.1 Å². The van der Waals surface area contributed by atoms with Gasteiger partial charge in [0.05, 0.1) is 6.61 Å². The second-order valence-corrected chi connectivity index (χ2v) is 4.67. The third kappa shape index (κ3) is 8.13. The largest absolute Gasteiger partial charge is 0.381 e. The molecule has 1 rings (SSSR count). The molecule has 108 valence electrons. The van der Waals surface area contributed by atoms with Crippen LogP contribution in [0.3, 0.4) is 0 Å². The van der Waals surface area contributed by atoms with E-state index in [0.717, 1.165) is 32.3 Å². The number of rotatable bonds is 7. The smallest absolute Gasteiger partial charge is 0.190 e. The van der Waals surface area contributed by atoms with Crippen LogP contribution in [-0.4, -0.2) is 39.3 Å². The van der Waals surface area contributed by atoms with Gasteiger partial charge in [-0.25, -0.2) is 0 Å². The molecule has 1 heterocycles. The Kier molecular flexibility index (Phi) is 12.0. The number of guanidine groups is 1. The van der Waals surface area contributed by atoms with Crippen molar-refractivity contribution in [2.75, 3.05) is 33.4 Å². The second-order valence-electron chi connectivity index (χ2n) is 4.67. The van der Waals surface area contributed by atoms with E-state index in [2.05, 4.69) is 22.5 Å². The van der Waals surface area contributed by atoms with Crippen LogP contribution in [0.1, 0.15) is 39.0 Å². The number of unbranched alkanes of at least 4 members (excludes halogenated alkanes) is 3. The molecule has 1 aliphatic heterocycles. The molecule has 1 atom stereocenters. The van der Waals surface area contributed by atoms with E-state index in [1.807, 2.05) is 7.05 Å². The summed E-state index contributed by atoms with van der Waals surface area (Å²) >= 11 is 0. The van der Waals surface area contributed by atoms with Gasteiger partial charge < -0.3 is 15.4 Å². The fraction of sp³-hybridized carbons (Fsp3) is 0.923. The van der Waals surface area contributed by atoms with Gasteiger partial charge in [-0.2, -0.15) is 0 Å². The third-order valence-electron chi connectivity index (χ3n) is 3.13. The zero-order chi connectivity index (χ0) is 12.3. The Morgan fingerprint density at radius 1 is 1.28 bits per heavy atom. The lowest BCUT2D eigenvalue weighted by Crippen LogP contribution is -2.40. The first-order valence-corrected chi connectivity index (χ1v) is 6.89. The quantitative estimate of drug-likeness (QED) is 0.314. The number of halogens is 1. The van der Waals surface area contributed by atoms with Crippen molar-refractivity contribution < 1.29 is 4.74 Å². The zero-order valence-electron chi connectivity index (χ0n) is 11.7. The first-order valence-electron chi connectivity index (χ1n) is 6.89. The molecular formula is C13H28IN3O. The molecule has 0 aromatic rings. The topological polar surface area (TPSA) is 45.7 Å². The Hall–Kier alpha value is -0.0400. The maximum atomic E-state index is 5.35. The lowest BCUT2D eigenvalue weighted by Gasteiger charge is -2.14. The lowest BCUT2D eigenvalue weighted by molar-refractivity contribution is 0.186. The van der Waals surface area contributed by atoms with Crippen molar-refractivity contribution in [1.82, 2.24) is 10.6 Å². The number of aliphatic imine (C=N–C) groups is 1. The summed E-state index contributed by atoms with van der Waals surface area (Å²) in [5.74, 6) is 1.57. The van der Waals surface area contributed by atoms with Gasteiger partial charge in [-0.1, -0.05) is 26.2 Å². The molecule has 0 bridgehead atoms. The van der Waals surface area contributed by atoms with Crippen LogP contribution in [0.25, 0.3) is 0 Å². The van der Waals surface area contributed by atoms with Crippen LogP contribution in [0.2, 0.25) is 0 Å². The average molecular weight is 369 g/mol. The minimum Gasteiger partial charge on any atom is -0.381 e. The number of nitrogens with zero attached hydrogens (tertiary/aromatic N) is 1. The molecule has 0 amide bonds. The molecule has 0 aromatic heterocycles. The minimum absolute atomic E-state index is 0. The summed E-state index contributed by atoms with van der Waals surface area (Å²) in [6, 6.07) is 0. The van der Waals surface area contributed by atoms with Crippen molar-refractivity contribution in [1.29, 1.82) is 0 Å². The van der Waals surface area contributed by atoms with Gasteiger partial charge in [0.1, 0.15) is 0 Å². The summed E-state index contributed by atoms with van der Waals surface area (Å²) in [6.07, 6.45) is 6.31. The minimum atomic E-state index is 0. The molecule has 1 unspecified atom stereocenters. The molecule has 0 aromatic carbocycles. The van der Waals surface area contributed by atoms with Crippen LogP contribution in [0.15, 0.2) is 4.99 Å². The molecule has 18 heavy (non-hydrogen) atoms. The third-order valence-corrected chi connectivity index (χ3v) is 3.13. The molecule has 1 aliphatic rings. The lowest BCUT2D eigenvalue weighted by atomic mass is 10.1. The molecule has 0 radical (unpaired) electrons. The van der Waals surface area contributed by atoms with E-state index < -0.39 is 0 Å². The predicted octanol–water partition coefficient (Wildman–Crippen LogP) is 2.39. The SMILES string of the molecule is CCCCCCNC(=NC)NCC1CCOC1.I. The highest BCUT2D eigenvalue weighted by Gasteiger charge is 2.15. The van der Waals surface area contributed by atoms with Crippen LogP contribution < -0.4 is 10.6 Å². The molecule has 2 N–H and O–H groups in total. The standard InChI is InChI=1S/C13H27N3O.HI/c1-3-4-5-6-8-15-13(14-2)16-10-12-7-9-17-11-12;/h12H,3-11H2,1-2H3,(H2,14,15,16);1H. The monoisotopic (exact) mass is 369 g/mol. The molecule has 0 saturated carbocycles. The van der Waals surface area contributed by atoms with Crippen molar-refractivity contribution in [3.63, 3.8) is 0 Å². The summed E-state index contributed by atoms with van der Waals surface area (Å²) in [5, 5.41) is 6.71. The van der Waals surface area contributed by atoms with Gasteiger partial charge >= 0.3 is 0 Å². The molecule has 1 fully saturated rings. The van der Waals surface area contributed by atoms with Gasteiger partial charge in [-0.05, 0) is 12.8 Å². The molecule has 4 nitrogen and oxygen atoms in total. The van der Waals surface area contributed by atoms with Crippen LogP contribution >= 0.6 is 24.0 Å². The number of hydrogen-bond acceptors (Lipinski definition) is 2. The zero-order valence-corrected chi connectivity index (χ0v) is 14.0. The molecule has 5 heteroatoms. The highest BCUT2D eigenvalue weighted by Crippen LogP contribution is 2.10. The van der Waals surface area contributed by atoms with Gasteiger partial charge in [0, 0.05) is 32.7 Å². The number of nitrogens with one attached hydrogen (secondary N) is 2. The van der Waals surface area contributed by atoms with E-state index in [0.29, 0.717) is 5.92 Å². The maximum absolute atomic E-state index is 5.35. The van der Waals surface area contributed by atoms with Crippen LogP contribution in [0.4, 0.5) is 0 Å². The Morgan fingerprint density at radius 3 is 2.72 bits per heavy atom. The van der Waals surface area contributed by atoms with E-state index in [-0.39, 0.29) is 24.0 Å². The van der Waals surface area contributed by atoms with Crippen molar-refractivity contribution in [3.8, 4) is 0 Å². The second kappa shape index (κ2) is 12.0. The first kappa shape index (κ1) is 18.0. The fourth-order valence-electron chi connectivity index (χ4n) is 1.96. The Labute approximate surface area is 128 Å². The van der Waals surface area contributed by atoms with Gasteiger partial charge in [-0.15, -0.1) is 24.0 Å². The Bertz CT molecular complexity index is 218. The van der Waals surface area contributed by atoms with Crippen molar-refractivity contribution in [2.24, 2.45) is 10.9 Å². The average Bonchev–Trinajstić information content (AvgIpc) is 2.86. The van der Waals surface area contributed by atoms with Crippen molar-refractivity contribution in [3.05, 3.63) is 0 Å². The van der Waals surface area contributed by atoms with Crippen LogP contribution in [-0.2, 0) is 4.74 Å². The van der Waals surface area contributed by atoms with Crippen LogP contribution in [0, 0.1) is 5.92 Å². The van der Waals surface area contributed by atoms with E-state index >= 15 is 0 Å². The van der Waals surface area contributed by atoms with Crippen molar-refractivity contribution in [2.45, 2.75) is 39.0 Å². The highest BCUT2D eigenvalue weighted by atomic mass is 127. The molecule has 1 saturated heterocycles. The van der Waals surface area contributed by atoms with E-state index in [4.69, 9.17) is 4.74 Å². The van der Waals surface area contributed by atoms with Gasteiger partial charge in [0.25, 0.3) is 0 Å². The molecular weight excluding hydrogens is 341 g/mol. The van der Waals surface area contributed by atoms with Crippen molar-refractivity contribution >= 4 is 29.9 Å². The summed E-state index contributed by atoms with van der Waals surface area (Å²) in [4.78, 5) is 4.22. The summed E-state index contributed by atoms with van der Waals surface area (Å²) in [6.45, 7) is 6.02.